The minimum atomic E-state index is -0.392. The number of benzene rings is 2. The molecule has 24 heavy (non-hydrogen) atoms. The summed E-state index contributed by atoms with van der Waals surface area (Å²) in [4.78, 5) is 24.3. The van der Waals surface area contributed by atoms with E-state index in [0.29, 0.717) is 22.6 Å². The number of amides is 1. The average Bonchev–Trinajstić information content (AvgIpc) is 2.91. The molecule has 0 radical (unpaired) electrons. The zero-order valence-corrected chi connectivity index (χ0v) is 13.7. The summed E-state index contributed by atoms with van der Waals surface area (Å²) in [5.41, 5.74) is 2.26. The van der Waals surface area contributed by atoms with Gasteiger partial charge in [-0.05, 0) is 44.2 Å². The summed E-state index contributed by atoms with van der Waals surface area (Å²) in [6.45, 7) is 3.28. The third-order valence-electron chi connectivity index (χ3n) is 3.90. The summed E-state index contributed by atoms with van der Waals surface area (Å²) in [5.74, 6) is 0.408. The molecule has 0 aliphatic carbocycles. The lowest BCUT2D eigenvalue weighted by atomic mass is 10.1. The molecule has 3 aromatic rings. The first-order valence-electron chi connectivity index (χ1n) is 7.49. The first-order chi connectivity index (χ1) is 11.5. The Kier molecular flexibility index (Phi) is 4.08. The number of carbonyl (C=O) groups excluding carboxylic acids is 2. The molecule has 1 N–H and O–H groups in total. The molecular weight excluding hydrogens is 306 g/mol. The lowest BCUT2D eigenvalue weighted by molar-refractivity contribution is 0.0998. The molecule has 5 nitrogen and oxygen atoms in total. The fourth-order valence-electron chi connectivity index (χ4n) is 2.62. The predicted octanol–water partition coefficient (Wildman–Crippen LogP) is 4.20. The van der Waals surface area contributed by atoms with Crippen LogP contribution in [0.1, 0.15) is 33.4 Å². The van der Waals surface area contributed by atoms with Gasteiger partial charge in [-0.15, -0.1) is 0 Å². The number of carbonyl (C=O) groups is 2. The van der Waals surface area contributed by atoms with E-state index in [-0.39, 0.29) is 11.5 Å². The molecule has 0 bridgehead atoms. The molecule has 0 atom stereocenters. The molecule has 0 saturated carbocycles. The molecule has 0 aliphatic heterocycles. The third-order valence-corrected chi connectivity index (χ3v) is 3.90. The van der Waals surface area contributed by atoms with Crippen LogP contribution in [0.4, 0.5) is 5.69 Å². The zero-order valence-electron chi connectivity index (χ0n) is 13.7. The highest BCUT2D eigenvalue weighted by molar-refractivity contribution is 6.10. The summed E-state index contributed by atoms with van der Waals surface area (Å²) in [6.07, 6.45) is 0. The van der Waals surface area contributed by atoms with E-state index in [2.05, 4.69) is 5.32 Å². The van der Waals surface area contributed by atoms with Crippen LogP contribution in [-0.2, 0) is 0 Å². The Labute approximate surface area is 139 Å². The first-order valence-corrected chi connectivity index (χ1v) is 7.49. The van der Waals surface area contributed by atoms with E-state index in [4.69, 9.17) is 9.15 Å². The highest BCUT2D eigenvalue weighted by Crippen LogP contribution is 2.29. The van der Waals surface area contributed by atoms with Crippen LogP contribution in [0, 0.1) is 6.92 Å². The average molecular weight is 323 g/mol. The Balaban J connectivity index is 1.98. The van der Waals surface area contributed by atoms with E-state index in [0.717, 1.165) is 10.9 Å². The largest absolute Gasteiger partial charge is 0.497 e. The van der Waals surface area contributed by atoms with Crippen molar-refractivity contribution < 1.29 is 18.7 Å². The van der Waals surface area contributed by atoms with Crippen molar-refractivity contribution in [2.24, 2.45) is 0 Å². The summed E-state index contributed by atoms with van der Waals surface area (Å²) in [6, 6.07) is 12.3. The summed E-state index contributed by atoms with van der Waals surface area (Å²) < 4.78 is 10.9. The standard InChI is InChI=1S/C19H17NO4/c1-11-15-10-13(23-3)8-9-17(15)24-18(11)19(22)20-16-7-5-4-6-14(16)12(2)21/h4-10H,1-3H3,(H,20,22). The van der Waals surface area contributed by atoms with Gasteiger partial charge in [0.05, 0.1) is 12.8 Å². The number of rotatable bonds is 4. The number of hydrogen-bond acceptors (Lipinski definition) is 4. The van der Waals surface area contributed by atoms with Gasteiger partial charge in [-0.25, -0.2) is 0 Å². The van der Waals surface area contributed by atoms with Gasteiger partial charge < -0.3 is 14.5 Å². The van der Waals surface area contributed by atoms with Crippen LogP contribution in [0.2, 0.25) is 0 Å². The van der Waals surface area contributed by atoms with E-state index in [1.165, 1.54) is 6.92 Å². The van der Waals surface area contributed by atoms with Crippen molar-refractivity contribution in [1.82, 2.24) is 0 Å². The van der Waals surface area contributed by atoms with Crippen molar-refractivity contribution in [3.8, 4) is 5.75 Å². The third kappa shape index (κ3) is 2.76. The molecule has 1 heterocycles. The van der Waals surface area contributed by atoms with E-state index in [1.54, 1.807) is 43.5 Å². The number of para-hydroxylation sites is 1. The number of nitrogens with one attached hydrogen (secondary N) is 1. The molecule has 0 fully saturated rings. The van der Waals surface area contributed by atoms with Gasteiger partial charge in [0.2, 0.25) is 0 Å². The normalized spacial score (nSPS) is 10.6. The lowest BCUT2D eigenvalue weighted by Crippen LogP contribution is -2.14. The van der Waals surface area contributed by atoms with E-state index in [9.17, 15) is 9.59 Å². The smallest absolute Gasteiger partial charge is 0.291 e. The summed E-state index contributed by atoms with van der Waals surface area (Å²) in [5, 5.41) is 3.57. The molecule has 0 aliphatic rings. The number of fused-ring (bicyclic) bond motifs is 1. The van der Waals surface area contributed by atoms with Gasteiger partial charge in [0, 0.05) is 16.5 Å². The topological polar surface area (TPSA) is 68.5 Å². The van der Waals surface area contributed by atoms with Crippen LogP contribution in [-0.4, -0.2) is 18.8 Å². The fourth-order valence-corrected chi connectivity index (χ4v) is 2.62. The Bertz CT molecular complexity index is 940. The van der Waals surface area contributed by atoms with Crippen molar-refractivity contribution in [2.75, 3.05) is 12.4 Å². The number of methoxy groups -OCH3 is 1. The van der Waals surface area contributed by atoms with Crippen molar-refractivity contribution in [1.29, 1.82) is 0 Å². The van der Waals surface area contributed by atoms with Crippen LogP contribution in [0.3, 0.4) is 0 Å². The minimum Gasteiger partial charge on any atom is -0.497 e. The van der Waals surface area contributed by atoms with Gasteiger partial charge >= 0.3 is 0 Å². The summed E-state index contributed by atoms with van der Waals surface area (Å²) >= 11 is 0. The van der Waals surface area contributed by atoms with E-state index >= 15 is 0 Å². The van der Waals surface area contributed by atoms with Crippen molar-refractivity contribution in [2.45, 2.75) is 13.8 Å². The maximum absolute atomic E-state index is 12.6. The second-order valence-electron chi connectivity index (χ2n) is 5.47. The molecule has 0 unspecified atom stereocenters. The van der Waals surface area contributed by atoms with Gasteiger partial charge in [0.1, 0.15) is 11.3 Å². The number of aryl methyl sites for hydroxylation is 1. The van der Waals surface area contributed by atoms with Crippen molar-refractivity contribution >= 4 is 28.3 Å². The number of ketones is 1. The molecule has 5 heteroatoms. The Morgan fingerprint density at radius 1 is 1.12 bits per heavy atom. The van der Waals surface area contributed by atoms with Gasteiger partial charge in [0.25, 0.3) is 5.91 Å². The molecule has 1 aromatic heterocycles. The second-order valence-corrected chi connectivity index (χ2v) is 5.47. The van der Waals surface area contributed by atoms with Crippen molar-refractivity contribution in [3.05, 3.63) is 59.4 Å². The first kappa shape index (κ1) is 15.8. The van der Waals surface area contributed by atoms with Gasteiger partial charge in [0.15, 0.2) is 11.5 Å². The molecule has 1 amide bonds. The number of hydrogen-bond donors (Lipinski definition) is 1. The highest BCUT2D eigenvalue weighted by atomic mass is 16.5. The van der Waals surface area contributed by atoms with Crippen LogP contribution in [0.5, 0.6) is 5.75 Å². The number of ether oxygens (including phenoxy) is 1. The molecule has 0 spiro atoms. The zero-order chi connectivity index (χ0) is 17.3. The van der Waals surface area contributed by atoms with E-state index < -0.39 is 5.91 Å². The van der Waals surface area contributed by atoms with Crippen LogP contribution in [0.25, 0.3) is 11.0 Å². The second kappa shape index (κ2) is 6.20. The number of anilines is 1. The molecule has 3 rings (SSSR count). The molecular formula is C19H17NO4. The maximum Gasteiger partial charge on any atom is 0.291 e. The lowest BCUT2D eigenvalue weighted by Gasteiger charge is -2.08. The molecule has 0 saturated heterocycles. The Hall–Kier alpha value is -3.08. The Morgan fingerprint density at radius 3 is 2.58 bits per heavy atom. The van der Waals surface area contributed by atoms with Gasteiger partial charge in [-0.2, -0.15) is 0 Å². The number of Topliss-reactive ketones (excluding diaryl/α,β-unsaturated/α-hetero) is 1. The molecule has 122 valence electrons. The Morgan fingerprint density at radius 2 is 1.88 bits per heavy atom. The van der Waals surface area contributed by atoms with Crippen LogP contribution >= 0.6 is 0 Å². The monoisotopic (exact) mass is 323 g/mol. The number of furan rings is 1. The minimum absolute atomic E-state index is 0.114. The van der Waals surface area contributed by atoms with Gasteiger partial charge in [-0.3, -0.25) is 9.59 Å². The highest BCUT2D eigenvalue weighted by Gasteiger charge is 2.19. The maximum atomic E-state index is 12.6. The summed E-state index contributed by atoms with van der Waals surface area (Å²) in [7, 11) is 1.59. The van der Waals surface area contributed by atoms with Crippen LogP contribution < -0.4 is 10.1 Å². The SMILES string of the molecule is COc1ccc2oc(C(=O)Nc3ccccc3C(C)=O)c(C)c2c1. The van der Waals surface area contributed by atoms with Crippen molar-refractivity contribution in [3.63, 3.8) is 0 Å². The quantitative estimate of drug-likeness (QED) is 0.730. The van der Waals surface area contributed by atoms with Gasteiger partial charge in [-0.1, -0.05) is 12.1 Å². The molecule has 2 aromatic carbocycles. The predicted molar refractivity (Wildman–Crippen MR) is 91.9 cm³/mol. The van der Waals surface area contributed by atoms with E-state index in [1.807, 2.05) is 13.0 Å². The van der Waals surface area contributed by atoms with Crippen LogP contribution in [0.15, 0.2) is 46.9 Å². The fraction of sp³-hybridized carbons (Fsp3) is 0.158.